The van der Waals surface area contributed by atoms with Gasteiger partial charge in [0.25, 0.3) is 0 Å². The van der Waals surface area contributed by atoms with E-state index in [1.54, 1.807) is 0 Å². The second-order valence-electron chi connectivity index (χ2n) is 10.3. The van der Waals surface area contributed by atoms with Crippen LogP contribution in [0.15, 0.2) is 85.1 Å². The molecule has 0 aromatic rings. The van der Waals surface area contributed by atoms with Gasteiger partial charge >= 0.3 is 5.97 Å². The molecule has 1 atom stereocenters. The number of methoxy groups -OCH3 is 1. The number of amides is 2. The van der Waals surface area contributed by atoms with Gasteiger partial charge in [-0.2, -0.15) is 0 Å². The molecule has 2 N–H and O–H groups in total. The quantitative estimate of drug-likeness (QED) is 0.0850. The van der Waals surface area contributed by atoms with Gasteiger partial charge in [-0.1, -0.05) is 79.8 Å². The zero-order valence-electron chi connectivity index (χ0n) is 27.0. The molecule has 0 radical (unpaired) electrons. The summed E-state index contributed by atoms with van der Waals surface area (Å²) in [6.07, 6.45) is 36.9. The van der Waals surface area contributed by atoms with E-state index in [0.717, 1.165) is 70.5 Å². The number of ether oxygens (including phenoxy) is 2. The molecule has 1 unspecified atom stereocenters. The lowest BCUT2D eigenvalue weighted by molar-refractivity contribution is -0.135. The molecule has 1 saturated heterocycles. The summed E-state index contributed by atoms with van der Waals surface area (Å²) in [5, 5.41) is 5.84. The molecule has 1 fully saturated rings. The number of nitrogens with one attached hydrogen (secondary N) is 2. The van der Waals surface area contributed by atoms with Crippen molar-refractivity contribution in [3.8, 4) is 0 Å². The van der Waals surface area contributed by atoms with E-state index in [-0.39, 0.29) is 17.9 Å². The second-order valence-corrected chi connectivity index (χ2v) is 10.3. The van der Waals surface area contributed by atoms with Crippen molar-refractivity contribution < 1.29 is 23.9 Å². The molecule has 0 aliphatic carbocycles. The minimum atomic E-state index is -0.567. The lowest BCUT2D eigenvalue weighted by Gasteiger charge is -2.34. The van der Waals surface area contributed by atoms with E-state index in [4.69, 9.17) is 4.74 Å². The van der Waals surface area contributed by atoms with Crippen LogP contribution in [-0.2, 0) is 23.9 Å². The van der Waals surface area contributed by atoms with E-state index in [0.29, 0.717) is 39.1 Å². The molecule has 0 spiro atoms. The minimum absolute atomic E-state index is 0.0477. The Balaban J connectivity index is 2.18. The number of allylic oxidation sites excluding steroid dienone is 12. The van der Waals surface area contributed by atoms with Crippen molar-refractivity contribution in [1.29, 1.82) is 0 Å². The molecule has 0 aromatic carbocycles. The number of rotatable bonds is 23. The third kappa shape index (κ3) is 23.0. The van der Waals surface area contributed by atoms with Crippen molar-refractivity contribution >= 4 is 17.8 Å². The molecule has 1 rings (SSSR count). The molecular formula is C36H55N3O5. The normalized spacial score (nSPS) is 15.6. The van der Waals surface area contributed by atoms with E-state index in [1.807, 2.05) is 0 Å². The summed E-state index contributed by atoms with van der Waals surface area (Å²) in [7, 11) is 1.27. The number of hydrogen-bond donors (Lipinski definition) is 2. The maximum Gasteiger partial charge on any atom is 0.330 e. The van der Waals surface area contributed by atoms with E-state index in [2.05, 4.69) is 100 Å². The van der Waals surface area contributed by atoms with E-state index < -0.39 is 5.97 Å². The Labute approximate surface area is 265 Å². The van der Waals surface area contributed by atoms with E-state index >= 15 is 0 Å². The van der Waals surface area contributed by atoms with Gasteiger partial charge in [0.05, 0.1) is 20.3 Å². The van der Waals surface area contributed by atoms with Crippen molar-refractivity contribution in [3.05, 3.63) is 85.1 Å². The molecule has 1 aliphatic heterocycles. The largest absolute Gasteiger partial charge is 0.466 e. The fourth-order valence-electron chi connectivity index (χ4n) is 4.41. The lowest BCUT2D eigenvalue weighted by atomic mass is 10.1. The molecule has 0 bridgehead atoms. The number of carbonyl (C=O) groups is 3. The number of morpholine rings is 1. The number of carbonyl (C=O) groups excluding carboxylic acids is 3. The third-order valence-corrected chi connectivity index (χ3v) is 6.85. The topological polar surface area (TPSA) is 97.0 Å². The average molecular weight is 610 g/mol. The average Bonchev–Trinajstić information content (AvgIpc) is 3.04. The first kappa shape index (κ1) is 38.5. The smallest absolute Gasteiger partial charge is 0.330 e. The van der Waals surface area contributed by atoms with E-state index in [1.165, 1.54) is 13.2 Å². The van der Waals surface area contributed by atoms with Crippen molar-refractivity contribution in [2.45, 2.75) is 77.2 Å². The van der Waals surface area contributed by atoms with Gasteiger partial charge in [0.1, 0.15) is 0 Å². The summed E-state index contributed by atoms with van der Waals surface area (Å²) in [6, 6.07) is 0.215. The summed E-state index contributed by atoms with van der Waals surface area (Å²) in [5.41, 5.74) is 0. The summed E-state index contributed by atoms with van der Waals surface area (Å²) in [5.74, 6) is -0.853. The number of hydrogen-bond acceptors (Lipinski definition) is 6. The van der Waals surface area contributed by atoms with Crippen LogP contribution < -0.4 is 10.6 Å². The highest BCUT2D eigenvalue weighted by atomic mass is 16.5. The Hall–Kier alpha value is -3.49. The number of esters is 1. The molecule has 244 valence electrons. The first-order valence-corrected chi connectivity index (χ1v) is 16.1. The highest BCUT2D eigenvalue weighted by Gasteiger charge is 2.21. The van der Waals surface area contributed by atoms with Crippen LogP contribution >= 0.6 is 0 Å². The molecular weight excluding hydrogens is 554 g/mol. The Bertz CT molecular complexity index is 988. The second kappa shape index (κ2) is 28.3. The van der Waals surface area contributed by atoms with Gasteiger partial charge in [-0.05, 0) is 57.8 Å². The van der Waals surface area contributed by atoms with Crippen LogP contribution in [0.2, 0.25) is 0 Å². The molecule has 1 aliphatic rings. The Kier molecular flexibility index (Phi) is 24.8. The molecule has 44 heavy (non-hydrogen) atoms. The van der Waals surface area contributed by atoms with Gasteiger partial charge in [-0.25, -0.2) is 4.79 Å². The summed E-state index contributed by atoms with van der Waals surface area (Å²) >= 11 is 0. The first-order valence-electron chi connectivity index (χ1n) is 16.1. The van der Waals surface area contributed by atoms with Crippen molar-refractivity contribution in [1.82, 2.24) is 15.5 Å². The van der Waals surface area contributed by atoms with Crippen LogP contribution in [0.3, 0.4) is 0 Å². The molecule has 0 aromatic heterocycles. The molecule has 0 saturated carbocycles. The fraction of sp³-hybridized carbons (Fsp3) is 0.528. The Morgan fingerprint density at radius 3 is 1.75 bits per heavy atom. The molecule has 1 heterocycles. The standard InChI is InChI=1S/C36H55N3O5/c1-3-4-5-6-7-8-9-10-11-12-13-14-15-16-17-18-19-20-21-22-34(40)37-27-25-33(39-29-31-44-32-30-39)26-28-38-35(41)23-24-36(42)43-2/h4-5,7-8,10-11,13-14,16-17,19-20,23-24,33H,3,6,9,12,15,18,21-22,25-32H2,1-2H3,(H,37,40)(H,38,41). The maximum absolute atomic E-state index is 12.3. The minimum Gasteiger partial charge on any atom is -0.466 e. The van der Waals surface area contributed by atoms with Crippen molar-refractivity contribution in [2.24, 2.45) is 0 Å². The molecule has 8 nitrogen and oxygen atoms in total. The van der Waals surface area contributed by atoms with Crippen LogP contribution in [0.5, 0.6) is 0 Å². The van der Waals surface area contributed by atoms with Gasteiger partial charge in [0, 0.05) is 50.8 Å². The van der Waals surface area contributed by atoms with Crippen LogP contribution in [0.25, 0.3) is 0 Å². The van der Waals surface area contributed by atoms with Gasteiger partial charge in [0.15, 0.2) is 0 Å². The van der Waals surface area contributed by atoms with Gasteiger partial charge in [-0.15, -0.1) is 0 Å². The van der Waals surface area contributed by atoms with Crippen LogP contribution in [0.4, 0.5) is 0 Å². The van der Waals surface area contributed by atoms with E-state index in [9.17, 15) is 14.4 Å². The van der Waals surface area contributed by atoms with Gasteiger partial charge < -0.3 is 20.1 Å². The lowest BCUT2D eigenvalue weighted by Crippen LogP contribution is -2.46. The maximum atomic E-state index is 12.3. The van der Waals surface area contributed by atoms with Crippen molar-refractivity contribution in [2.75, 3.05) is 46.5 Å². The monoisotopic (exact) mass is 609 g/mol. The van der Waals surface area contributed by atoms with Crippen LogP contribution in [0.1, 0.15) is 71.1 Å². The predicted octanol–water partition coefficient (Wildman–Crippen LogP) is 5.91. The Morgan fingerprint density at radius 1 is 0.727 bits per heavy atom. The van der Waals surface area contributed by atoms with Gasteiger partial charge in [0.2, 0.25) is 11.8 Å². The summed E-state index contributed by atoms with van der Waals surface area (Å²) in [4.78, 5) is 37.7. The third-order valence-electron chi connectivity index (χ3n) is 6.85. The molecule has 8 heteroatoms. The van der Waals surface area contributed by atoms with Gasteiger partial charge in [-0.3, -0.25) is 14.5 Å². The van der Waals surface area contributed by atoms with Crippen LogP contribution in [-0.4, -0.2) is 75.2 Å². The summed E-state index contributed by atoms with van der Waals surface area (Å²) < 4.78 is 9.97. The Morgan fingerprint density at radius 2 is 1.23 bits per heavy atom. The zero-order chi connectivity index (χ0) is 31.9. The van der Waals surface area contributed by atoms with Crippen molar-refractivity contribution in [3.63, 3.8) is 0 Å². The summed E-state index contributed by atoms with van der Waals surface area (Å²) in [6.45, 7) is 6.24. The predicted molar refractivity (Wildman–Crippen MR) is 180 cm³/mol. The highest BCUT2D eigenvalue weighted by Crippen LogP contribution is 2.11. The first-order chi connectivity index (χ1) is 21.6. The number of nitrogens with zero attached hydrogens (tertiary/aromatic N) is 1. The zero-order valence-corrected chi connectivity index (χ0v) is 27.0. The van der Waals surface area contributed by atoms with Crippen LogP contribution in [0, 0.1) is 0 Å². The SMILES string of the molecule is CCC=CCC=CCC=CCC=CCC=CCC=CCCC(=O)NCCC(CCNC(=O)C=CC(=O)OC)N1CCOCC1. The molecule has 2 amide bonds. The fourth-order valence-corrected chi connectivity index (χ4v) is 4.41. The highest BCUT2D eigenvalue weighted by molar-refractivity contribution is 5.94.